The number of rotatable bonds is 7. The summed E-state index contributed by atoms with van der Waals surface area (Å²) in [6.45, 7) is 3.92. The fourth-order valence-corrected chi connectivity index (χ4v) is 5.83. The van der Waals surface area contributed by atoms with E-state index in [1.54, 1.807) is 0 Å². The molecule has 1 amide bonds. The highest BCUT2D eigenvalue weighted by Gasteiger charge is 2.35. The van der Waals surface area contributed by atoms with Crippen molar-refractivity contribution in [3.8, 4) is 0 Å². The van der Waals surface area contributed by atoms with Crippen LogP contribution in [0.25, 0.3) is 0 Å². The van der Waals surface area contributed by atoms with Crippen molar-refractivity contribution in [3.05, 3.63) is 65.2 Å². The molecule has 188 valence electrons. The molecule has 35 heavy (non-hydrogen) atoms. The number of benzene rings is 2. The number of carbonyl (C=O) groups excluding carboxylic acids is 1. The maximum absolute atomic E-state index is 12.4. The second-order valence-electron chi connectivity index (χ2n) is 11.0. The lowest BCUT2D eigenvalue weighted by Crippen LogP contribution is -2.62. The summed E-state index contributed by atoms with van der Waals surface area (Å²) in [5.41, 5.74) is 4.51. The van der Waals surface area contributed by atoms with Crippen LogP contribution in [0.4, 0.5) is 5.69 Å². The largest absolute Gasteiger partial charge is 0.358 e. The van der Waals surface area contributed by atoms with Crippen molar-refractivity contribution < 1.29 is 4.79 Å². The van der Waals surface area contributed by atoms with Crippen LogP contribution >= 0.6 is 0 Å². The molecule has 1 aliphatic heterocycles. The molecule has 3 aliphatic rings. The average molecular weight is 475 g/mol. The molecule has 1 heterocycles. The lowest BCUT2D eigenvalue weighted by Gasteiger charge is -2.43. The van der Waals surface area contributed by atoms with Gasteiger partial charge in [0, 0.05) is 36.3 Å². The summed E-state index contributed by atoms with van der Waals surface area (Å²) >= 11 is 0. The molecule has 2 aliphatic carbocycles. The van der Waals surface area contributed by atoms with E-state index in [-0.39, 0.29) is 12.2 Å². The van der Waals surface area contributed by atoms with Crippen molar-refractivity contribution in [2.45, 2.75) is 83.0 Å². The number of amides is 1. The van der Waals surface area contributed by atoms with Crippen molar-refractivity contribution in [1.29, 1.82) is 0 Å². The predicted molar refractivity (Wildman–Crippen MR) is 144 cm³/mol. The van der Waals surface area contributed by atoms with E-state index in [1.807, 2.05) is 24.3 Å². The van der Waals surface area contributed by atoms with E-state index >= 15 is 0 Å². The number of hydrogen-bond acceptors (Lipinski definition) is 4. The minimum Gasteiger partial charge on any atom is -0.358 e. The van der Waals surface area contributed by atoms with Gasteiger partial charge in [0.25, 0.3) is 5.91 Å². The highest BCUT2D eigenvalue weighted by atomic mass is 16.1. The van der Waals surface area contributed by atoms with Gasteiger partial charge in [-0.1, -0.05) is 61.9 Å². The zero-order valence-corrected chi connectivity index (χ0v) is 21.2. The van der Waals surface area contributed by atoms with Gasteiger partial charge in [-0.25, -0.2) is 0 Å². The molecule has 0 bridgehead atoms. The monoisotopic (exact) mass is 474 g/mol. The highest BCUT2D eigenvalue weighted by Crippen LogP contribution is 2.34. The summed E-state index contributed by atoms with van der Waals surface area (Å²) in [7, 11) is 0. The minimum atomic E-state index is 0.0154. The SMILES string of the molecule is Cc1ccc(C2CNC(Nc3ccc(C(=O)NCC4CC4)cc3)NC2C2CCCCCCC2)cc1. The van der Waals surface area contributed by atoms with Gasteiger partial charge in [-0.3, -0.25) is 15.4 Å². The number of anilines is 1. The topological polar surface area (TPSA) is 65.2 Å². The zero-order chi connectivity index (χ0) is 24.0. The van der Waals surface area contributed by atoms with E-state index in [0.29, 0.717) is 23.8 Å². The van der Waals surface area contributed by atoms with Crippen molar-refractivity contribution in [3.63, 3.8) is 0 Å². The Hall–Kier alpha value is -2.37. The van der Waals surface area contributed by atoms with Gasteiger partial charge in [0.2, 0.25) is 0 Å². The molecule has 0 aromatic heterocycles. The average Bonchev–Trinajstić information content (AvgIpc) is 3.68. The Balaban J connectivity index is 1.25. The Labute approximate surface area is 210 Å². The van der Waals surface area contributed by atoms with Crippen molar-refractivity contribution in [2.24, 2.45) is 11.8 Å². The van der Waals surface area contributed by atoms with Crippen LogP contribution in [-0.2, 0) is 0 Å². The van der Waals surface area contributed by atoms with Crippen LogP contribution in [0.15, 0.2) is 48.5 Å². The molecular formula is C30H42N4O. The van der Waals surface area contributed by atoms with Crippen LogP contribution in [0.5, 0.6) is 0 Å². The summed E-state index contributed by atoms with van der Waals surface area (Å²) in [6.07, 6.45) is 12.0. The Morgan fingerprint density at radius 3 is 2.26 bits per heavy atom. The molecule has 5 nitrogen and oxygen atoms in total. The Kier molecular flexibility index (Phi) is 8.05. The minimum absolute atomic E-state index is 0.0154. The van der Waals surface area contributed by atoms with Gasteiger partial charge in [0.1, 0.15) is 6.29 Å². The lowest BCUT2D eigenvalue weighted by atomic mass is 9.76. The fraction of sp³-hybridized carbons (Fsp3) is 0.567. The number of hydrogen-bond donors (Lipinski definition) is 4. The second-order valence-corrected chi connectivity index (χ2v) is 11.0. The summed E-state index contributed by atoms with van der Waals surface area (Å²) in [5, 5.41) is 14.3. The van der Waals surface area contributed by atoms with Gasteiger partial charge in [0.05, 0.1) is 0 Å². The third-order valence-corrected chi connectivity index (χ3v) is 8.20. The molecule has 3 unspecified atom stereocenters. The molecule has 3 fully saturated rings. The molecule has 0 spiro atoms. The first-order valence-corrected chi connectivity index (χ1v) is 13.9. The van der Waals surface area contributed by atoms with E-state index < -0.39 is 0 Å². The smallest absolute Gasteiger partial charge is 0.251 e. The molecule has 2 saturated carbocycles. The van der Waals surface area contributed by atoms with Crippen molar-refractivity contribution in [1.82, 2.24) is 16.0 Å². The fourth-order valence-electron chi connectivity index (χ4n) is 5.83. The molecule has 1 saturated heterocycles. The lowest BCUT2D eigenvalue weighted by molar-refractivity contribution is 0.0952. The maximum atomic E-state index is 12.4. The predicted octanol–water partition coefficient (Wildman–Crippen LogP) is 5.54. The standard InChI is InChI=1S/C30H42N4O/c1-21-9-13-23(14-10-21)27-20-32-30(34-28(27)24-7-5-3-2-4-6-8-24)33-26-17-15-25(16-18-26)29(35)31-19-22-11-12-22/h9-10,13-18,22,24,27-28,30,32-34H,2-8,11-12,19-20H2,1H3,(H,31,35). The summed E-state index contributed by atoms with van der Waals surface area (Å²) in [5.74, 6) is 1.89. The molecule has 3 atom stereocenters. The molecule has 4 N–H and O–H groups in total. The van der Waals surface area contributed by atoms with Crippen LogP contribution in [0, 0.1) is 18.8 Å². The Bertz CT molecular complexity index is 945. The van der Waals surface area contributed by atoms with E-state index in [1.165, 1.54) is 68.9 Å². The molecule has 2 aromatic rings. The highest BCUT2D eigenvalue weighted by molar-refractivity contribution is 5.94. The van der Waals surface area contributed by atoms with E-state index in [0.717, 1.165) is 24.3 Å². The third-order valence-electron chi connectivity index (χ3n) is 8.20. The van der Waals surface area contributed by atoms with Gasteiger partial charge >= 0.3 is 0 Å². The van der Waals surface area contributed by atoms with E-state index in [4.69, 9.17) is 0 Å². The van der Waals surface area contributed by atoms with Gasteiger partial charge in [0.15, 0.2) is 0 Å². The molecular weight excluding hydrogens is 432 g/mol. The Morgan fingerprint density at radius 2 is 1.57 bits per heavy atom. The number of carbonyl (C=O) groups is 1. The maximum Gasteiger partial charge on any atom is 0.251 e. The first-order chi connectivity index (χ1) is 17.2. The summed E-state index contributed by atoms with van der Waals surface area (Å²) in [6, 6.07) is 17.5. The van der Waals surface area contributed by atoms with Crippen molar-refractivity contribution >= 4 is 11.6 Å². The van der Waals surface area contributed by atoms with Gasteiger partial charge in [-0.2, -0.15) is 0 Å². The zero-order valence-electron chi connectivity index (χ0n) is 21.2. The van der Waals surface area contributed by atoms with Gasteiger partial charge in [-0.05, 0) is 74.3 Å². The van der Waals surface area contributed by atoms with Crippen LogP contribution in [0.2, 0.25) is 0 Å². The normalized spacial score (nSPS) is 25.9. The summed E-state index contributed by atoms with van der Waals surface area (Å²) < 4.78 is 0. The molecule has 5 rings (SSSR count). The first kappa shape index (κ1) is 24.3. The number of nitrogens with one attached hydrogen (secondary N) is 4. The molecule has 2 aromatic carbocycles. The van der Waals surface area contributed by atoms with Gasteiger partial charge < -0.3 is 10.6 Å². The van der Waals surface area contributed by atoms with Gasteiger partial charge in [-0.15, -0.1) is 0 Å². The first-order valence-electron chi connectivity index (χ1n) is 13.9. The van der Waals surface area contributed by atoms with Crippen LogP contribution in [0.1, 0.15) is 85.2 Å². The number of aryl methyl sites for hydroxylation is 1. The van der Waals surface area contributed by atoms with E-state index in [2.05, 4.69) is 52.5 Å². The third kappa shape index (κ3) is 6.65. The Morgan fingerprint density at radius 1 is 0.886 bits per heavy atom. The molecule has 0 radical (unpaired) electrons. The quantitative estimate of drug-likeness (QED) is 0.426. The molecule has 5 heteroatoms. The second kappa shape index (κ2) is 11.6. The summed E-state index contributed by atoms with van der Waals surface area (Å²) in [4.78, 5) is 12.4. The van der Waals surface area contributed by atoms with E-state index in [9.17, 15) is 4.79 Å². The van der Waals surface area contributed by atoms with Crippen LogP contribution in [0.3, 0.4) is 0 Å². The van der Waals surface area contributed by atoms with Crippen LogP contribution in [-0.4, -0.2) is 31.3 Å². The van der Waals surface area contributed by atoms with Crippen molar-refractivity contribution in [2.75, 3.05) is 18.4 Å². The van der Waals surface area contributed by atoms with Crippen LogP contribution < -0.4 is 21.3 Å².